The van der Waals surface area contributed by atoms with Crippen molar-refractivity contribution in [2.24, 2.45) is 11.8 Å². The molecule has 1 aliphatic carbocycles. The minimum atomic E-state index is 0.320. The van der Waals surface area contributed by atoms with Crippen molar-refractivity contribution in [3.63, 3.8) is 0 Å². The van der Waals surface area contributed by atoms with Gasteiger partial charge in [-0.1, -0.05) is 6.42 Å². The first-order valence-corrected chi connectivity index (χ1v) is 4.65. The summed E-state index contributed by atoms with van der Waals surface area (Å²) in [6.45, 7) is 0.905. The Kier molecular flexibility index (Phi) is 1.84. The summed E-state index contributed by atoms with van der Waals surface area (Å²) in [5, 5.41) is 2.94. The zero-order valence-corrected chi connectivity index (χ0v) is 6.81. The highest BCUT2D eigenvalue weighted by molar-refractivity contribution is 5.79. The van der Waals surface area contributed by atoms with E-state index >= 15 is 0 Å². The van der Waals surface area contributed by atoms with Gasteiger partial charge < -0.3 is 5.32 Å². The number of nitrogens with one attached hydrogen (secondary N) is 1. The first kappa shape index (κ1) is 7.14. The Balaban J connectivity index is 1.93. The van der Waals surface area contributed by atoms with Gasteiger partial charge in [0.1, 0.15) is 0 Å². The third-order valence-electron chi connectivity index (χ3n) is 3.05. The predicted octanol–water partition coefficient (Wildman–Crippen LogP) is 1.31. The molecule has 62 valence electrons. The highest BCUT2D eigenvalue weighted by atomic mass is 16.1. The topological polar surface area (TPSA) is 29.1 Å². The highest BCUT2D eigenvalue weighted by Crippen LogP contribution is 2.36. The summed E-state index contributed by atoms with van der Waals surface area (Å²) >= 11 is 0. The molecule has 0 bridgehead atoms. The average molecular weight is 153 g/mol. The first-order chi connectivity index (χ1) is 5.38. The Labute approximate surface area is 67.4 Å². The molecule has 1 unspecified atom stereocenters. The molecule has 1 atom stereocenters. The van der Waals surface area contributed by atoms with E-state index in [-0.39, 0.29) is 0 Å². The molecule has 11 heavy (non-hydrogen) atoms. The van der Waals surface area contributed by atoms with Gasteiger partial charge in [-0.3, -0.25) is 4.79 Å². The van der Waals surface area contributed by atoms with Crippen LogP contribution in [-0.4, -0.2) is 12.5 Å². The number of carbonyl (C=O) groups excluding carboxylic acids is 1. The van der Waals surface area contributed by atoms with Crippen molar-refractivity contribution in [2.45, 2.75) is 32.1 Å². The van der Waals surface area contributed by atoms with Crippen LogP contribution in [0, 0.1) is 11.8 Å². The summed E-state index contributed by atoms with van der Waals surface area (Å²) in [5.41, 5.74) is 0. The van der Waals surface area contributed by atoms with Gasteiger partial charge in [0.2, 0.25) is 5.91 Å². The van der Waals surface area contributed by atoms with Gasteiger partial charge in [-0.2, -0.15) is 0 Å². The van der Waals surface area contributed by atoms with Crippen LogP contribution in [0.4, 0.5) is 0 Å². The lowest BCUT2D eigenvalue weighted by Crippen LogP contribution is -2.41. The molecular weight excluding hydrogens is 138 g/mol. The van der Waals surface area contributed by atoms with E-state index < -0.39 is 0 Å². The average Bonchev–Trinajstić information content (AvgIpc) is 1.90. The maximum atomic E-state index is 11.3. The molecule has 0 aromatic carbocycles. The SMILES string of the molecule is O=C1NCCCC1C1CCC1. The number of carbonyl (C=O) groups is 1. The van der Waals surface area contributed by atoms with Crippen LogP contribution in [0.3, 0.4) is 0 Å². The molecule has 0 aromatic heterocycles. The lowest BCUT2D eigenvalue weighted by Gasteiger charge is -2.35. The van der Waals surface area contributed by atoms with Crippen molar-refractivity contribution in [2.75, 3.05) is 6.54 Å². The lowest BCUT2D eigenvalue weighted by atomic mass is 9.73. The molecule has 2 nitrogen and oxygen atoms in total. The Morgan fingerprint density at radius 1 is 1.18 bits per heavy atom. The van der Waals surface area contributed by atoms with Crippen LogP contribution in [0.2, 0.25) is 0 Å². The van der Waals surface area contributed by atoms with Crippen LogP contribution >= 0.6 is 0 Å². The van der Waals surface area contributed by atoms with Crippen molar-refractivity contribution in [1.82, 2.24) is 5.32 Å². The number of rotatable bonds is 1. The van der Waals surface area contributed by atoms with Gasteiger partial charge in [0.05, 0.1) is 0 Å². The van der Waals surface area contributed by atoms with Crippen LogP contribution < -0.4 is 5.32 Å². The van der Waals surface area contributed by atoms with Gasteiger partial charge in [0.25, 0.3) is 0 Å². The maximum Gasteiger partial charge on any atom is 0.223 e. The summed E-state index contributed by atoms with van der Waals surface area (Å²) in [6.07, 6.45) is 6.24. The Hall–Kier alpha value is -0.530. The number of piperidine rings is 1. The minimum Gasteiger partial charge on any atom is -0.356 e. The summed E-state index contributed by atoms with van der Waals surface area (Å²) in [6, 6.07) is 0. The fourth-order valence-electron chi connectivity index (χ4n) is 2.09. The van der Waals surface area contributed by atoms with Gasteiger partial charge in [0, 0.05) is 12.5 Å². The molecule has 2 rings (SSSR count). The third kappa shape index (κ3) is 1.26. The second kappa shape index (κ2) is 2.84. The zero-order chi connectivity index (χ0) is 7.68. The molecule has 1 saturated heterocycles. The fraction of sp³-hybridized carbons (Fsp3) is 0.889. The summed E-state index contributed by atoms with van der Waals surface area (Å²) in [7, 11) is 0. The number of hydrogen-bond acceptors (Lipinski definition) is 1. The number of amides is 1. The molecule has 1 aliphatic heterocycles. The van der Waals surface area contributed by atoms with Gasteiger partial charge in [-0.15, -0.1) is 0 Å². The van der Waals surface area contributed by atoms with E-state index in [0.717, 1.165) is 18.9 Å². The van der Waals surface area contributed by atoms with Crippen molar-refractivity contribution >= 4 is 5.91 Å². The summed E-state index contributed by atoms with van der Waals surface area (Å²) in [5.74, 6) is 1.42. The molecule has 1 N–H and O–H groups in total. The van der Waals surface area contributed by atoms with Crippen LogP contribution in [-0.2, 0) is 4.79 Å². The van der Waals surface area contributed by atoms with Crippen molar-refractivity contribution in [1.29, 1.82) is 0 Å². The Bertz CT molecular complexity index is 163. The molecular formula is C9H15NO. The molecule has 0 spiro atoms. The van der Waals surface area contributed by atoms with Crippen LogP contribution in [0.15, 0.2) is 0 Å². The molecule has 1 heterocycles. The van der Waals surface area contributed by atoms with E-state index in [1.54, 1.807) is 0 Å². The van der Waals surface area contributed by atoms with Crippen LogP contribution in [0.25, 0.3) is 0 Å². The van der Waals surface area contributed by atoms with E-state index in [1.165, 1.54) is 25.7 Å². The maximum absolute atomic E-state index is 11.3. The van der Waals surface area contributed by atoms with Gasteiger partial charge >= 0.3 is 0 Å². The van der Waals surface area contributed by atoms with Crippen molar-refractivity contribution in [3.8, 4) is 0 Å². The second-order valence-corrected chi connectivity index (χ2v) is 3.73. The first-order valence-electron chi connectivity index (χ1n) is 4.65. The molecule has 0 radical (unpaired) electrons. The third-order valence-corrected chi connectivity index (χ3v) is 3.05. The summed E-state index contributed by atoms with van der Waals surface area (Å²) in [4.78, 5) is 11.3. The van der Waals surface area contributed by atoms with E-state index in [1.807, 2.05) is 0 Å². The minimum absolute atomic E-state index is 0.320. The van der Waals surface area contributed by atoms with Crippen LogP contribution in [0.5, 0.6) is 0 Å². The van der Waals surface area contributed by atoms with Crippen LogP contribution in [0.1, 0.15) is 32.1 Å². The Morgan fingerprint density at radius 3 is 2.55 bits per heavy atom. The highest BCUT2D eigenvalue weighted by Gasteiger charge is 2.33. The van der Waals surface area contributed by atoms with E-state index in [2.05, 4.69) is 5.32 Å². The smallest absolute Gasteiger partial charge is 0.223 e. The standard InChI is InChI=1S/C9H15NO/c11-9-8(5-2-6-10-9)7-3-1-4-7/h7-8H,1-6H2,(H,10,11). The quantitative estimate of drug-likeness (QED) is 0.604. The van der Waals surface area contributed by atoms with E-state index in [0.29, 0.717) is 11.8 Å². The van der Waals surface area contributed by atoms with E-state index in [9.17, 15) is 4.79 Å². The fourth-order valence-corrected chi connectivity index (χ4v) is 2.09. The zero-order valence-electron chi connectivity index (χ0n) is 6.81. The van der Waals surface area contributed by atoms with E-state index in [4.69, 9.17) is 0 Å². The van der Waals surface area contributed by atoms with Crippen molar-refractivity contribution < 1.29 is 4.79 Å². The summed E-state index contributed by atoms with van der Waals surface area (Å²) < 4.78 is 0. The van der Waals surface area contributed by atoms with Gasteiger partial charge in [0.15, 0.2) is 0 Å². The molecule has 2 fully saturated rings. The Morgan fingerprint density at radius 2 is 2.00 bits per heavy atom. The lowest BCUT2D eigenvalue weighted by molar-refractivity contribution is -0.129. The molecule has 2 aliphatic rings. The second-order valence-electron chi connectivity index (χ2n) is 3.73. The normalized spacial score (nSPS) is 32.7. The number of hydrogen-bond donors (Lipinski definition) is 1. The van der Waals surface area contributed by atoms with Gasteiger partial charge in [-0.05, 0) is 31.6 Å². The molecule has 1 saturated carbocycles. The monoisotopic (exact) mass is 153 g/mol. The molecule has 0 aromatic rings. The van der Waals surface area contributed by atoms with Crippen molar-refractivity contribution in [3.05, 3.63) is 0 Å². The largest absolute Gasteiger partial charge is 0.356 e. The molecule has 1 amide bonds. The molecule has 2 heteroatoms. The predicted molar refractivity (Wildman–Crippen MR) is 43.1 cm³/mol. The van der Waals surface area contributed by atoms with Gasteiger partial charge in [-0.25, -0.2) is 0 Å².